The highest BCUT2D eigenvalue weighted by atomic mass is 16.5. The second-order valence-electron chi connectivity index (χ2n) is 3.98. The molecule has 102 valence electrons. The smallest absolute Gasteiger partial charge is 0.328 e. The van der Waals surface area contributed by atoms with Crippen LogP contribution in [0.1, 0.15) is 24.5 Å². The third-order valence-electron chi connectivity index (χ3n) is 2.38. The van der Waals surface area contributed by atoms with E-state index >= 15 is 0 Å². The second kappa shape index (κ2) is 7.20. The van der Waals surface area contributed by atoms with Crippen molar-refractivity contribution in [2.45, 2.75) is 19.8 Å². The quantitative estimate of drug-likeness (QED) is 0.464. The van der Waals surface area contributed by atoms with Crippen molar-refractivity contribution < 1.29 is 19.4 Å². The molecule has 1 aromatic carbocycles. The molecule has 0 aliphatic carbocycles. The summed E-state index contributed by atoms with van der Waals surface area (Å²) < 4.78 is 4.84. The number of aryl methyl sites for hydroxylation is 1. The van der Waals surface area contributed by atoms with Gasteiger partial charge in [0.15, 0.2) is 0 Å². The first kappa shape index (κ1) is 14.8. The lowest BCUT2D eigenvalue weighted by atomic mass is 10.0. The zero-order valence-electron chi connectivity index (χ0n) is 10.8. The fourth-order valence-corrected chi connectivity index (χ4v) is 1.63. The van der Waals surface area contributed by atoms with Gasteiger partial charge in [-0.2, -0.15) is 0 Å². The average Bonchev–Trinajstić information content (AvgIpc) is 2.34. The molecule has 5 nitrogen and oxygen atoms in total. The molecular weight excluding hydrogens is 246 g/mol. The summed E-state index contributed by atoms with van der Waals surface area (Å²) in [6.45, 7) is 2.12. The molecule has 0 unspecified atom stereocenters. The Morgan fingerprint density at radius 2 is 2.11 bits per heavy atom. The van der Waals surface area contributed by atoms with Crippen molar-refractivity contribution in [2.75, 3.05) is 12.3 Å². The number of esters is 1. The third kappa shape index (κ3) is 5.72. The predicted molar refractivity (Wildman–Crippen MR) is 72.5 cm³/mol. The maximum atomic E-state index is 11.3. The standard InChI is InChI=1S/C14H17NO4/c1-2-19-14(18)6-4-11-7-10(3-5-13(16)17)8-12(15)9-11/h3,5,7-9H,2,4,6,15H2,1H3,(H,16,17)/b5-3+. The number of anilines is 1. The predicted octanol–water partition coefficient (Wildman–Crippen LogP) is 1.86. The topological polar surface area (TPSA) is 89.6 Å². The maximum Gasteiger partial charge on any atom is 0.328 e. The summed E-state index contributed by atoms with van der Waals surface area (Å²) in [4.78, 5) is 21.7. The molecule has 19 heavy (non-hydrogen) atoms. The van der Waals surface area contributed by atoms with Crippen LogP contribution in [-0.2, 0) is 20.7 Å². The number of nitrogens with two attached hydrogens (primary N) is 1. The summed E-state index contributed by atoms with van der Waals surface area (Å²) in [6.07, 6.45) is 3.30. The Bertz CT molecular complexity index is 494. The first-order chi connectivity index (χ1) is 9.01. The van der Waals surface area contributed by atoms with Crippen LogP contribution < -0.4 is 5.73 Å². The number of rotatable bonds is 6. The minimum atomic E-state index is -1.02. The zero-order chi connectivity index (χ0) is 14.3. The van der Waals surface area contributed by atoms with Crippen molar-refractivity contribution in [3.05, 3.63) is 35.4 Å². The normalized spacial score (nSPS) is 10.6. The maximum absolute atomic E-state index is 11.3. The molecule has 0 aromatic heterocycles. The van der Waals surface area contributed by atoms with Crippen LogP contribution in [0.5, 0.6) is 0 Å². The van der Waals surface area contributed by atoms with Gasteiger partial charge in [-0.25, -0.2) is 4.79 Å². The Labute approximate surface area is 111 Å². The molecular formula is C14H17NO4. The third-order valence-corrected chi connectivity index (χ3v) is 2.38. The Hall–Kier alpha value is -2.30. The molecule has 0 aliphatic heterocycles. The van der Waals surface area contributed by atoms with Gasteiger partial charge in [-0.3, -0.25) is 4.79 Å². The van der Waals surface area contributed by atoms with E-state index in [9.17, 15) is 9.59 Å². The van der Waals surface area contributed by atoms with Gasteiger partial charge in [0.05, 0.1) is 6.61 Å². The summed E-state index contributed by atoms with van der Waals surface area (Å²) in [6, 6.07) is 5.24. The molecule has 0 amide bonds. The fourth-order valence-electron chi connectivity index (χ4n) is 1.63. The zero-order valence-corrected chi connectivity index (χ0v) is 10.8. The fraction of sp³-hybridized carbons (Fsp3) is 0.286. The lowest BCUT2D eigenvalue weighted by Gasteiger charge is -2.05. The summed E-state index contributed by atoms with van der Waals surface area (Å²) in [5.41, 5.74) is 7.84. The Kier molecular flexibility index (Phi) is 5.60. The molecule has 0 saturated heterocycles. The van der Waals surface area contributed by atoms with Gasteiger partial charge in [-0.1, -0.05) is 6.07 Å². The van der Waals surface area contributed by atoms with Crippen LogP contribution in [0.4, 0.5) is 5.69 Å². The second-order valence-corrected chi connectivity index (χ2v) is 3.98. The van der Waals surface area contributed by atoms with E-state index in [1.165, 1.54) is 6.08 Å². The number of carbonyl (C=O) groups excluding carboxylic acids is 1. The van der Waals surface area contributed by atoms with E-state index in [2.05, 4.69) is 0 Å². The van der Waals surface area contributed by atoms with Crippen molar-refractivity contribution >= 4 is 23.7 Å². The van der Waals surface area contributed by atoms with Crippen LogP contribution in [0.2, 0.25) is 0 Å². The highest BCUT2D eigenvalue weighted by Crippen LogP contribution is 2.15. The number of nitrogen functional groups attached to an aromatic ring is 1. The van der Waals surface area contributed by atoms with Crippen LogP contribution >= 0.6 is 0 Å². The number of aliphatic carboxylic acids is 1. The van der Waals surface area contributed by atoms with Crippen molar-refractivity contribution in [1.82, 2.24) is 0 Å². The van der Waals surface area contributed by atoms with Gasteiger partial charge in [0, 0.05) is 18.2 Å². The summed E-state index contributed by atoms with van der Waals surface area (Å²) in [5.74, 6) is -1.27. The van der Waals surface area contributed by atoms with E-state index in [0.717, 1.165) is 11.6 Å². The van der Waals surface area contributed by atoms with E-state index < -0.39 is 5.97 Å². The molecule has 0 heterocycles. The van der Waals surface area contributed by atoms with Crippen LogP contribution in [-0.4, -0.2) is 23.7 Å². The summed E-state index contributed by atoms with van der Waals surface area (Å²) >= 11 is 0. The Morgan fingerprint density at radius 3 is 2.74 bits per heavy atom. The van der Waals surface area contributed by atoms with Gasteiger partial charge in [-0.05, 0) is 42.7 Å². The lowest BCUT2D eigenvalue weighted by Crippen LogP contribution is -2.05. The van der Waals surface area contributed by atoms with Crippen LogP contribution in [0.3, 0.4) is 0 Å². The van der Waals surface area contributed by atoms with E-state index in [-0.39, 0.29) is 12.4 Å². The van der Waals surface area contributed by atoms with E-state index in [1.807, 2.05) is 0 Å². The lowest BCUT2D eigenvalue weighted by molar-refractivity contribution is -0.143. The first-order valence-electron chi connectivity index (χ1n) is 5.97. The first-order valence-corrected chi connectivity index (χ1v) is 5.97. The van der Waals surface area contributed by atoms with Gasteiger partial charge in [0.2, 0.25) is 0 Å². The van der Waals surface area contributed by atoms with E-state index in [1.54, 1.807) is 25.1 Å². The van der Waals surface area contributed by atoms with Gasteiger partial charge >= 0.3 is 11.9 Å². The SMILES string of the molecule is CCOC(=O)CCc1cc(N)cc(/C=C/C(=O)O)c1. The number of carboxylic acids is 1. The average molecular weight is 263 g/mol. The van der Waals surface area contributed by atoms with Gasteiger partial charge < -0.3 is 15.6 Å². The van der Waals surface area contributed by atoms with Crippen molar-refractivity contribution in [2.24, 2.45) is 0 Å². The van der Waals surface area contributed by atoms with E-state index in [4.69, 9.17) is 15.6 Å². The molecule has 0 saturated carbocycles. The minimum absolute atomic E-state index is 0.257. The van der Waals surface area contributed by atoms with Crippen LogP contribution in [0, 0.1) is 0 Å². The van der Waals surface area contributed by atoms with Crippen molar-refractivity contribution in [3.8, 4) is 0 Å². The van der Waals surface area contributed by atoms with Gasteiger partial charge in [0.1, 0.15) is 0 Å². The molecule has 0 spiro atoms. The minimum Gasteiger partial charge on any atom is -0.478 e. The number of benzene rings is 1. The molecule has 3 N–H and O–H groups in total. The molecule has 0 aliphatic rings. The molecule has 0 atom stereocenters. The summed E-state index contributed by atoms with van der Waals surface area (Å²) in [5, 5.41) is 8.57. The largest absolute Gasteiger partial charge is 0.478 e. The van der Waals surface area contributed by atoms with Gasteiger partial charge in [0.25, 0.3) is 0 Å². The number of ether oxygens (including phenoxy) is 1. The molecule has 0 radical (unpaired) electrons. The van der Waals surface area contributed by atoms with Crippen LogP contribution in [0.15, 0.2) is 24.3 Å². The molecule has 1 rings (SSSR count). The summed E-state index contributed by atoms with van der Waals surface area (Å²) in [7, 11) is 0. The number of carboxylic acid groups (broad SMARTS) is 1. The molecule has 5 heteroatoms. The molecule has 0 fully saturated rings. The molecule has 1 aromatic rings. The molecule has 0 bridgehead atoms. The number of hydrogen-bond acceptors (Lipinski definition) is 4. The highest BCUT2D eigenvalue weighted by Gasteiger charge is 2.04. The highest BCUT2D eigenvalue weighted by molar-refractivity contribution is 5.85. The Morgan fingerprint density at radius 1 is 1.37 bits per heavy atom. The van der Waals surface area contributed by atoms with Crippen molar-refractivity contribution in [3.63, 3.8) is 0 Å². The van der Waals surface area contributed by atoms with Gasteiger partial charge in [-0.15, -0.1) is 0 Å². The number of hydrogen-bond donors (Lipinski definition) is 2. The van der Waals surface area contributed by atoms with Crippen LogP contribution in [0.25, 0.3) is 6.08 Å². The van der Waals surface area contributed by atoms with E-state index in [0.29, 0.717) is 24.3 Å². The van der Waals surface area contributed by atoms with Crippen molar-refractivity contribution in [1.29, 1.82) is 0 Å². The Balaban J connectivity index is 2.73. The monoisotopic (exact) mass is 263 g/mol. The number of carbonyl (C=O) groups is 2.